The fourth-order valence-electron chi connectivity index (χ4n) is 1.93. The second-order valence-electron chi connectivity index (χ2n) is 4.22. The monoisotopic (exact) mass is 352 g/mol. The highest BCUT2D eigenvalue weighted by atomic mass is 79.9. The second kappa shape index (κ2) is 5.88. The van der Waals surface area contributed by atoms with Crippen molar-refractivity contribution in [2.75, 3.05) is 13.1 Å². The van der Waals surface area contributed by atoms with Gasteiger partial charge in [0.25, 0.3) is 0 Å². The molecule has 1 aliphatic heterocycles. The Labute approximate surface area is 120 Å². The first-order valence-corrected chi connectivity index (χ1v) is 8.33. The number of piperidine rings is 1. The van der Waals surface area contributed by atoms with E-state index >= 15 is 0 Å². The van der Waals surface area contributed by atoms with E-state index in [2.05, 4.69) is 26.0 Å². The normalized spacial score (nSPS) is 20.9. The highest BCUT2D eigenvalue weighted by Gasteiger charge is 2.24. The average molecular weight is 354 g/mol. The Balaban J connectivity index is 2.22. The smallest absolute Gasteiger partial charge is 0.242 e. The molecule has 0 bridgehead atoms. The third-order valence-corrected chi connectivity index (χ3v) is 5.80. The molecule has 2 rings (SSSR count). The van der Waals surface area contributed by atoms with Crippen LogP contribution in [0.2, 0.25) is 5.02 Å². The van der Waals surface area contributed by atoms with Gasteiger partial charge < -0.3 is 5.32 Å². The van der Waals surface area contributed by atoms with Crippen molar-refractivity contribution in [1.82, 2.24) is 10.0 Å². The first-order valence-electron chi connectivity index (χ1n) is 5.68. The minimum atomic E-state index is -3.57. The van der Waals surface area contributed by atoms with Gasteiger partial charge in [0.05, 0.1) is 5.02 Å². The van der Waals surface area contributed by atoms with Gasteiger partial charge in [-0.1, -0.05) is 17.7 Å². The molecule has 1 aromatic carbocycles. The minimum absolute atomic E-state index is 0.0706. The van der Waals surface area contributed by atoms with E-state index in [1.54, 1.807) is 12.1 Å². The summed E-state index contributed by atoms with van der Waals surface area (Å²) in [6.45, 7) is 1.60. The third-order valence-electron chi connectivity index (χ3n) is 2.82. The maximum Gasteiger partial charge on any atom is 0.242 e. The fraction of sp³-hybridized carbons (Fsp3) is 0.455. The van der Waals surface area contributed by atoms with Gasteiger partial charge in [0.2, 0.25) is 10.0 Å². The summed E-state index contributed by atoms with van der Waals surface area (Å²) in [6.07, 6.45) is 1.82. The topological polar surface area (TPSA) is 58.2 Å². The fourth-order valence-corrected chi connectivity index (χ4v) is 4.23. The number of benzene rings is 1. The maximum absolute atomic E-state index is 12.2. The van der Waals surface area contributed by atoms with Crippen molar-refractivity contribution in [2.24, 2.45) is 0 Å². The van der Waals surface area contributed by atoms with Crippen LogP contribution >= 0.6 is 27.5 Å². The number of rotatable bonds is 3. The van der Waals surface area contributed by atoms with Gasteiger partial charge in [-0.05, 0) is 47.4 Å². The SMILES string of the molecule is O=S(=O)(NC1CCCNC1)c1cccc(Br)c1Cl. The molecule has 100 valence electrons. The van der Waals surface area contributed by atoms with Crippen LogP contribution in [0.25, 0.3) is 0 Å². The van der Waals surface area contributed by atoms with Gasteiger partial charge in [0.1, 0.15) is 4.90 Å². The maximum atomic E-state index is 12.2. The lowest BCUT2D eigenvalue weighted by atomic mass is 10.1. The van der Waals surface area contributed by atoms with Gasteiger partial charge in [-0.3, -0.25) is 0 Å². The van der Waals surface area contributed by atoms with Crippen molar-refractivity contribution in [2.45, 2.75) is 23.8 Å². The Kier molecular flexibility index (Phi) is 4.66. The van der Waals surface area contributed by atoms with E-state index in [0.29, 0.717) is 11.0 Å². The molecule has 0 saturated carbocycles. The summed E-state index contributed by atoms with van der Waals surface area (Å²) in [5.74, 6) is 0. The molecule has 1 unspecified atom stereocenters. The molecule has 0 radical (unpaired) electrons. The van der Waals surface area contributed by atoms with E-state index in [4.69, 9.17) is 11.6 Å². The molecule has 7 heteroatoms. The quantitative estimate of drug-likeness (QED) is 0.875. The summed E-state index contributed by atoms with van der Waals surface area (Å²) in [4.78, 5) is 0.115. The van der Waals surface area contributed by atoms with Gasteiger partial charge in [0, 0.05) is 17.1 Å². The molecule has 0 amide bonds. The Morgan fingerprint density at radius 2 is 2.22 bits per heavy atom. The van der Waals surface area contributed by atoms with E-state index < -0.39 is 10.0 Å². The zero-order valence-corrected chi connectivity index (χ0v) is 12.8. The van der Waals surface area contributed by atoms with Crippen molar-refractivity contribution in [3.63, 3.8) is 0 Å². The standard InChI is InChI=1S/C11H14BrClN2O2S/c12-9-4-1-5-10(11(9)13)18(16,17)15-8-3-2-6-14-7-8/h1,4-5,8,14-15H,2-3,6-7H2. The van der Waals surface area contributed by atoms with E-state index in [0.717, 1.165) is 19.4 Å². The number of sulfonamides is 1. The summed E-state index contributed by atoms with van der Waals surface area (Å²) in [5, 5.41) is 3.38. The lowest BCUT2D eigenvalue weighted by molar-refractivity contribution is 0.428. The predicted octanol–water partition coefficient (Wildman–Crippen LogP) is 2.13. The van der Waals surface area contributed by atoms with Gasteiger partial charge in [-0.2, -0.15) is 0 Å². The number of nitrogens with one attached hydrogen (secondary N) is 2. The summed E-state index contributed by atoms with van der Waals surface area (Å²) in [6, 6.07) is 4.80. The third kappa shape index (κ3) is 3.24. The number of hydrogen-bond donors (Lipinski definition) is 2. The predicted molar refractivity (Wildman–Crippen MR) is 75.4 cm³/mol. The van der Waals surface area contributed by atoms with Gasteiger partial charge >= 0.3 is 0 Å². The molecule has 4 nitrogen and oxygen atoms in total. The molecule has 1 heterocycles. The van der Waals surface area contributed by atoms with E-state index in [1.165, 1.54) is 6.07 Å². The van der Waals surface area contributed by atoms with Crippen LogP contribution in [0.1, 0.15) is 12.8 Å². The van der Waals surface area contributed by atoms with E-state index in [1.807, 2.05) is 0 Å². The highest BCUT2D eigenvalue weighted by molar-refractivity contribution is 9.10. The second-order valence-corrected chi connectivity index (χ2v) is 7.13. The molecule has 1 fully saturated rings. The summed E-state index contributed by atoms with van der Waals surface area (Å²) in [7, 11) is -3.57. The molecule has 0 aliphatic carbocycles. The Morgan fingerprint density at radius 3 is 2.89 bits per heavy atom. The first kappa shape index (κ1) is 14.3. The first-order chi connectivity index (χ1) is 8.50. The van der Waals surface area contributed by atoms with Gasteiger partial charge in [-0.25, -0.2) is 13.1 Å². The van der Waals surface area contributed by atoms with Crippen LogP contribution in [-0.2, 0) is 10.0 Å². The van der Waals surface area contributed by atoms with E-state index in [-0.39, 0.29) is 16.0 Å². The zero-order valence-electron chi connectivity index (χ0n) is 9.62. The highest BCUT2D eigenvalue weighted by Crippen LogP contribution is 2.29. The molecular formula is C11H14BrClN2O2S. The molecule has 2 N–H and O–H groups in total. The number of halogens is 2. The molecule has 1 aliphatic rings. The van der Waals surface area contributed by atoms with Crippen LogP contribution in [0, 0.1) is 0 Å². The molecular weight excluding hydrogens is 340 g/mol. The summed E-state index contributed by atoms with van der Waals surface area (Å²) in [5.41, 5.74) is 0. The Hall–Kier alpha value is -0.140. The lowest BCUT2D eigenvalue weighted by Crippen LogP contribution is -2.45. The van der Waals surface area contributed by atoms with Crippen LogP contribution in [0.15, 0.2) is 27.6 Å². The number of hydrogen-bond acceptors (Lipinski definition) is 3. The average Bonchev–Trinajstić information content (AvgIpc) is 2.33. The van der Waals surface area contributed by atoms with Crippen molar-refractivity contribution >= 4 is 37.6 Å². The van der Waals surface area contributed by atoms with Crippen LogP contribution in [0.5, 0.6) is 0 Å². The molecule has 1 aromatic rings. The van der Waals surface area contributed by atoms with Crippen LogP contribution in [0.3, 0.4) is 0 Å². The van der Waals surface area contributed by atoms with Crippen molar-refractivity contribution in [3.05, 3.63) is 27.7 Å². The minimum Gasteiger partial charge on any atom is -0.315 e. The summed E-state index contributed by atoms with van der Waals surface area (Å²) < 4.78 is 27.7. The van der Waals surface area contributed by atoms with Gasteiger partial charge in [0.15, 0.2) is 0 Å². The van der Waals surface area contributed by atoms with Crippen molar-refractivity contribution in [3.8, 4) is 0 Å². The van der Waals surface area contributed by atoms with Crippen LogP contribution < -0.4 is 10.0 Å². The van der Waals surface area contributed by atoms with Crippen molar-refractivity contribution in [1.29, 1.82) is 0 Å². The van der Waals surface area contributed by atoms with Gasteiger partial charge in [-0.15, -0.1) is 0 Å². The Morgan fingerprint density at radius 1 is 1.44 bits per heavy atom. The van der Waals surface area contributed by atoms with Crippen molar-refractivity contribution < 1.29 is 8.42 Å². The zero-order chi connectivity index (χ0) is 13.2. The molecule has 0 aromatic heterocycles. The molecule has 1 atom stereocenters. The molecule has 1 saturated heterocycles. The largest absolute Gasteiger partial charge is 0.315 e. The van der Waals surface area contributed by atoms with Crippen LogP contribution in [-0.4, -0.2) is 27.5 Å². The molecule has 0 spiro atoms. The lowest BCUT2D eigenvalue weighted by Gasteiger charge is -2.23. The molecule has 18 heavy (non-hydrogen) atoms. The van der Waals surface area contributed by atoms with E-state index in [9.17, 15) is 8.42 Å². The summed E-state index contributed by atoms with van der Waals surface area (Å²) >= 11 is 9.24. The van der Waals surface area contributed by atoms with Crippen LogP contribution in [0.4, 0.5) is 0 Å². The Bertz CT molecular complexity index is 530.